The number of rotatable bonds is 9. The van der Waals surface area contributed by atoms with Gasteiger partial charge in [0.2, 0.25) is 0 Å². The van der Waals surface area contributed by atoms with Crippen molar-refractivity contribution < 1.29 is 14.6 Å². The first-order valence-electron chi connectivity index (χ1n) is 6.75. The third kappa shape index (κ3) is 5.75. The first-order chi connectivity index (χ1) is 9.17. The SMILES string of the molecule is CCc1ccc(OC)c(CNCCCCC(=O)O)c1. The third-order valence-corrected chi connectivity index (χ3v) is 3.06. The predicted molar refractivity (Wildman–Crippen MR) is 75.6 cm³/mol. The van der Waals surface area contributed by atoms with Gasteiger partial charge in [0.15, 0.2) is 0 Å². The molecular formula is C15H23NO3. The van der Waals surface area contributed by atoms with Gasteiger partial charge in [-0.25, -0.2) is 0 Å². The number of unbranched alkanes of at least 4 members (excludes halogenated alkanes) is 1. The average Bonchev–Trinajstić information content (AvgIpc) is 2.42. The summed E-state index contributed by atoms with van der Waals surface area (Å²) in [4.78, 5) is 10.4. The number of hydrogen-bond donors (Lipinski definition) is 2. The number of nitrogens with one attached hydrogen (secondary N) is 1. The summed E-state index contributed by atoms with van der Waals surface area (Å²) in [6.07, 6.45) is 2.85. The Bertz CT molecular complexity index is 404. The van der Waals surface area contributed by atoms with E-state index >= 15 is 0 Å². The molecule has 0 heterocycles. The van der Waals surface area contributed by atoms with E-state index in [4.69, 9.17) is 9.84 Å². The number of hydrogen-bond acceptors (Lipinski definition) is 3. The lowest BCUT2D eigenvalue weighted by molar-refractivity contribution is -0.137. The highest BCUT2D eigenvalue weighted by atomic mass is 16.5. The van der Waals surface area contributed by atoms with E-state index in [1.165, 1.54) is 5.56 Å². The van der Waals surface area contributed by atoms with Crippen LogP contribution in [0.5, 0.6) is 5.75 Å². The van der Waals surface area contributed by atoms with Crippen molar-refractivity contribution in [2.75, 3.05) is 13.7 Å². The van der Waals surface area contributed by atoms with Crippen molar-refractivity contribution in [3.05, 3.63) is 29.3 Å². The van der Waals surface area contributed by atoms with Gasteiger partial charge in [0.25, 0.3) is 0 Å². The van der Waals surface area contributed by atoms with Gasteiger partial charge in [0, 0.05) is 18.5 Å². The number of benzene rings is 1. The molecule has 0 aliphatic rings. The fourth-order valence-corrected chi connectivity index (χ4v) is 1.94. The van der Waals surface area contributed by atoms with Crippen LogP contribution in [0, 0.1) is 0 Å². The molecule has 0 radical (unpaired) electrons. The van der Waals surface area contributed by atoms with Crippen LogP contribution in [0.15, 0.2) is 18.2 Å². The molecule has 1 rings (SSSR count). The second-order valence-corrected chi connectivity index (χ2v) is 4.53. The monoisotopic (exact) mass is 265 g/mol. The van der Waals surface area contributed by atoms with Crippen LogP contribution in [0.2, 0.25) is 0 Å². The Hall–Kier alpha value is -1.55. The van der Waals surface area contributed by atoms with Crippen molar-refractivity contribution >= 4 is 5.97 Å². The maximum atomic E-state index is 10.4. The standard InChI is InChI=1S/C15H23NO3/c1-3-12-7-8-14(19-2)13(10-12)11-16-9-5-4-6-15(17)18/h7-8,10,16H,3-6,9,11H2,1-2H3,(H,17,18). The predicted octanol–water partition coefficient (Wildman–Crippen LogP) is 2.60. The van der Waals surface area contributed by atoms with Crippen LogP contribution in [0.4, 0.5) is 0 Å². The molecule has 0 saturated heterocycles. The lowest BCUT2D eigenvalue weighted by Crippen LogP contribution is -2.15. The molecule has 0 bridgehead atoms. The summed E-state index contributed by atoms with van der Waals surface area (Å²) in [6.45, 7) is 3.71. The summed E-state index contributed by atoms with van der Waals surface area (Å²) in [5.74, 6) is 0.174. The first-order valence-corrected chi connectivity index (χ1v) is 6.75. The number of carbonyl (C=O) groups is 1. The second kappa shape index (κ2) is 8.53. The molecule has 4 heteroatoms. The molecule has 0 aromatic heterocycles. The van der Waals surface area contributed by atoms with Crippen molar-refractivity contribution in [3.8, 4) is 5.75 Å². The average molecular weight is 265 g/mol. The van der Waals surface area contributed by atoms with E-state index in [1.807, 2.05) is 6.07 Å². The fraction of sp³-hybridized carbons (Fsp3) is 0.533. The van der Waals surface area contributed by atoms with E-state index in [9.17, 15) is 4.79 Å². The third-order valence-electron chi connectivity index (χ3n) is 3.06. The van der Waals surface area contributed by atoms with Crippen LogP contribution in [-0.4, -0.2) is 24.7 Å². The molecule has 0 saturated carbocycles. The molecule has 0 atom stereocenters. The van der Waals surface area contributed by atoms with Crippen molar-refractivity contribution in [2.24, 2.45) is 0 Å². The number of carboxylic acid groups (broad SMARTS) is 1. The number of ether oxygens (including phenoxy) is 1. The number of methoxy groups -OCH3 is 1. The van der Waals surface area contributed by atoms with E-state index in [-0.39, 0.29) is 6.42 Å². The van der Waals surface area contributed by atoms with Crippen molar-refractivity contribution in [3.63, 3.8) is 0 Å². The Morgan fingerprint density at radius 2 is 2.16 bits per heavy atom. The van der Waals surface area contributed by atoms with Crippen molar-refractivity contribution in [1.29, 1.82) is 0 Å². The Kier molecular flexibility index (Phi) is 6.97. The number of carboxylic acids is 1. The summed E-state index contributed by atoms with van der Waals surface area (Å²) >= 11 is 0. The topological polar surface area (TPSA) is 58.6 Å². The lowest BCUT2D eigenvalue weighted by Gasteiger charge is -2.11. The summed E-state index contributed by atoms with van der Waals surface area (Å²) in [6, 6.07) is 6.23. The minimum absolute atomic E-state index is 0.246. The van der Waals surface area contributed by atoms with Crippen LogP contribution in [0.25, 0.3) is 0 Å². The maximum Gasteiger partial charge on any atom is 0.303 e. The van der Waals surface area contributed by atoms with E-state index in [2.05, 4.69) is 24.4 Å². The molecule has 1 aromatic rings. The van der Waals surface area contributed by atoms with Crippen molar-refractivity contribution in [2.45, 2.75) is 39.2 Å². The Labute approximate surface area is 114 Å². The molecule has 1 aromatic carbocycles. The van der Waals surface area contributed by atoms with Gasteiger partial charge in [-0.15, -0.1) is 0 Å². The summed E-state index contributed by atoms with van der Waals surface area (Å²) in [5, 5.41) is 11.9. The Balaban J connectivity index is 2.37. The Morgan fingerprint density at radius 3 is 2.79 bits per heavy atom. The molecule has 0 unspecified atom stereocenters. The minimum atomic E-state index is -0.725. The molecule has 106 valence electrons. The summed E-state index contributed by atoms with van der Waals surface area (Å²) < 4.78 is 5.34. The van der Waals surface area contributed by atoms with Gasteiger partial charge in [-0.3, -0.25) is 4.79 Å². The van der Waals surface area contributed by atoms with Gasteiger partial charge in [-0.2, -0.15) is 0 Å². The highest BCUT2D eigenvalue weighted by Crippen LogP contribution is 2.20. The van der Waals surface area contributed by atoms with Crippen molar-refractivity contribution in [1.82, 2.24) is 5.32 Å². The molecule has 0 amide bonds. The molecule has 0 aliphatic heterocycles. The van der Waals surface area contributed by atoms with Crippen LogP contribution < -0.4 is 10.1 Å². The molecule has 0 fully saturated rings. The summed E-state index contributed by atoms with van der Waals surface area (Å²) in [7, 11) is 1.68. The van der Waals surface area contributed by atoms with E-state index in [0.717, 1.165) is 37.2 Å². The maximum absolute atomic E-state index is 10.4. The quantitative estimate of drug-likeness (QED) is 0.674. The molecule has 4 nitrogen and oxygen atoms in total. The zero-order chi connectivity index (χ0) is 14.1. The largest absolute Gasteiger partial charge is 0.496 e. The zero-order valence-electron chi connectivity index (χ0n) is 11.7. The van der Waals surface area contributed by atoms with Gasteiger partial charge in [-0.05, 0) is 37.4 Å². The highest BCUT2D eigenvalue weighted by Gasteiger charge is 2.03. The van der Waals surface area contributed by atoms with Crippen LogP contribution >= 0.6 is 0 Å². The van der Waals surface area contributed by atoms with Gasteiger partial charge < -0.3 is 15.2 Å². The van der Waals surface area contributed by atoms with Crippen LogP contribution in [0.1, 0.15) is 37.3 Å². The van der Waals surface area contributed by atoms with Crippen LogP contribution in [-0.2, 0) is 17.8 Å². The van der Waals surface area contributed by atoms with Crippen LogP contribution in [0.3, 0.4) is 0 Å². The lowest BCUT2D eigenvalue weighted by atomic mass is 10.1. The Morgan fingerprint density at radius 1 is 1.37 bits per heavy atom. The molecule has 0 spiro atoms. The highest BCUT2D eigenvalue weighted by molar-refractivity contribution is 5.66. The molecule has 2 N–H and O–H groups in total. The fourth-order valence-electron chi connectivity index (χ4n) is 1.94. The smallest absolute Gasteiger partial charge is 0.303 e. The van der Waals surface area contributed by atoms with Gasteiger partial charge in [0.05, 0.1) is 7.11 Å². The summed E-state index contributed by atoms with van der Waals surface area (Å²) in [5.41, 5.74) is 2.45. The van der Waals surface area contributed by atoms with E-state index in [1.54, 1.807) is 7.11 Å². The molecule has 0 aliphatic carbocycles. The second-order valence-electron chi connectivity index (χ2n) is 4.53. The van der Waals surface area contributed by atoms with E-state index < -0.39 is 5.97 Å². The van der Waals surface area contributed by atoms with Gasteiger partial charge in [0.1, 0.15) is 5.75 Å². The molecule has 19 heavy (non-hydrogen) atoms. The van der Waals surface area contributed by atoms with Gasteiger partial charge in [-0.1, -0.05) is 19.1 Å². The van der Waals surface area contributed by atoms with E-state index in [0.29, 0.717) is 6.42 Å². The minimum Gasteiger partial charge on any atom is -0.496 e. The number of aliphatic carboxylic acids is 1. The first kappa shape index (κ1) is 15.5. The normalized spacial score (nSPS) is 10.4. The molecular weight excluding hydrogens is 242 g/mol. The van der Waals surface area contributed by atoms with Gasteiger partial charge >= 0.3 is 5.97 Å². The zero-order valence-corrected chi connectivity index (χ0v) is 11.7. The number of aryl methyl sites for hydroxylation is 1.